The van der Waals surface area contributed by atoms with E-state index in [0.717, 1.165) is 48.8 Å². The molecule has 5 rings (SSSR count). The quantitative estimate of drug-likeness (QED) is 0.231. The van der Waals surface area contributed by atoms with Gasteiger partial charge in [0.2, 0.25) is 0 Å². The molecule has 258 valence electrons. The minimum atomic E-state index is -2.72. The number of phenolic OH excluding ortho intramolecular Hbond substituents is 4. The SMILES string of the molecule is CCCc1cc(O)c(C2C(C(C)C)CCC3(C)C2C3(F)F)c(O)c1.CCCc1cc(O)c(C2CC(C)(C)CCC2C(C)C)c(O)c1. The van der Waals surface area contributed by atoms with E-state index in [1.54, 1.807) is 19.1 Å². The Balaban J connectivity index is 0.000000210. The van der Waals surface area contributed by atoms with E-state index in [0.29, 0.717) is 30.2 Å². The van der Waals surface area contributed by atoms with Crippen molar-refractivity contribution in [3.05, 3.63) is 46.5 Å². The Morgan fingerprint density at radius 1 is 0.696 bits per heavy atom. The lowest BCUT2D eigenvalue weighted by Crippen LogP contribution is -2.31. The Bertz CT molecular complexity index is 1320. The minimum absolute atomic E-state index is 0.0268. The van der Waals surface area contributed by atoms with Crippen molar-refractivity contribution in [2.24, 2.45) is 40.4 Å². The zero-order valence-corrected chi connectivity index (χ0v) is 29.8. The number of hydrogen-bond donors (Lipinski definition) is 4. The molecular formula is C40H60F2O4. The highest BCUT2D eigenvalue weighted by atomic mass is 19.3. The van der Waals surface area contributed by atoms with Crippen molar-refractivity contribution in [2.75, 3.05) is 0 Å². The molecule has 4 N–H and O–H groups in total. The third-order valence-electron chi connectivity index (χ3n) is 11.9. The topological polar surface area (TPSA) is 80.9 Å². The van der Waals surface area contributed by atoms with Gasteiger partial charge in [-0.2, -0.15) is 0 Å². The van der Waals surface area contributed by atoms with Gasteiger partial charge in [0.1, 0.15) is 23.0 Å². The first kappa shape index (κ1) is 36.3. The maximum atomic E-state index is 14.6. The second kappa shape index (κ2) is 13.5. The van der Waals surface area contributed by atoms with E-state index in [1.807, 2.05) is 32.9 Å². The van der Waals surface area contributed by atoms with Crippen LogP contribution in [-0.2, 0) is 12.8 Å². The second-order valence-corrected chi connectivity index (χ2v) is 16.5. The van der Waals surface area contributed by atoms with Crippen LogP contribution in [0.3, 0.4) is 0 Å². The van der Waals surface area contributed by atoms with Crippen LogP contribution in [-0.4, -0.2) is 26.3 Å². The lowest BCUT2D eigenvalue weighted by molar-refractivity contribution is 0.0610. The van der Waals surface area contributed by atoms with Gasteiger partial charge in [-0.25, -0.2) is 8.78 Å². The Morgan fingerprint density at radius 3 is 1.57 bits per heavy atom. The maximum Gasteiger partial charge on any atom is 0.257 e. The van der Waals surface area contributed by atoms with Gasteiger partial charge in [-0.1, -0.05) is 75.2 Å². The average molecular weight is 643 g/mol. The van der Waals surface area contributed by atoms with E-state index in [2.05, 4.69) is 34.6 Å². The molecule has 0 radical (unpaired) electrons. The van der Waals surface area contributed by atoms with Gasteiger partial charge in [0.15, 0.2) is 0 Å². The van der Waals surface area contributed by atoms with Crippen LogP contribution in [0.2, 0.25) is 0 Å². The summed E-state index contributed by atoms with van der Waals surface area (Å²) in [5.41, 5.74) is 2.27. The summed E-state index contributed by atoms with van der Waals surface area (Å²) < 4.78 is 29.1. The zero-order chi connectivity index (χ0) is 34.4. The van der Waals surface area contributed by atoms with Crippen LogP contribution in [0, 0.1) is 40.4 Å². The van der Waals surface area contributed by atoms with Gasteiger partial charge in [-0.15, -0.1) is 0 Å². The lowest BCUT2D eigenvalue weighted by Gasteiger charge is -2.43. The zero-order valence-electron chi connectivity index (χ0n) is 29.8. The fourth-order valence-electron chi connectivity index (χ4n) is 9.25. The summed E-state index contributed by atoms with van der Waals surface area (Å²) in [6.07, 6.45) is 8.21. The van der Waals surface area contributed by atoms with Crippen LogP contribution in [0.15, 0.2) is 24.3 Å². The van der Waals surface area contributed by atoms with Gasteiger partial charge in [-0.3, -0.25) is 0 Å². The molecule has 3 aliphatic rings. The van der Waals surface area contributed by atoms with Gasteiger partial charge in [-0.05, 0) is 115 Å². The lowest BCUT2D eigenvalue weighted by atomic mass is 9.62. The van der Waals surface area contributed by atoms with Crippen molar-refractivity contribution in [1.82, 2.24) is 0 Å². The number of alkyl halides is 2. The Labute approximate surface area is 276 Å². The highest BCUT2D eigenvalue weighted by Gasteiger charge is 2.81. The van der Waals surface area contributed by atoms with Crippen molar-refractivity contribution < 1.29 is 29.2 Å². The third kappa shape index (κ3) is 6.88. The van der Waals surface area contributed by atoms with Crippen molar-refractivity contribution in [1.29, 1.82) is 0 Å². The van der Waals surface area contributed by atoms with E-state index < -0.39 is 23.2 Å². The van der Waals surface area contributed by atoms with Crippen LogP contribution < -0.4 is 0 Å². The molecule has 46 heavy (non-hydrogen) atoms. The molecule has 0 spiro atoms. The number of aromatic hydroxyl groups is 4. The van der Waals surface area contributed by atoms with E-state index in [1.165, 1.54) is 12.8 Å². The summed E-state index contributed by atoms with van der Waals surface area (Å²) in [4.78, 5) is 0. The highest BCUT2D eigenvalue weighted by molar-refractivity contribution is 5.52. The Morgan fingerprint density at radius 2 is 1.13 bits per heavy atom. The summed E-state index contributed by atoms with van der Waals surface area (Å²) >= 11 is 0. The molecule has 0 aromatic heterocycles. The minimum Gasteiger partial charge on any atom is -0.508 e. The Kier molecular flexibility index (Phi) is 10.7. The first-order valence-corrected chi connectivity index (χ1v) is 17.9. The predicted octanol–water partition coefficient (Wildman–Crippen LogP) is 11.1. The highest BCUT2D eigenvalue weighted by Crippen LogP contribution is 2.77. The molecule has 3 saturated carbocycles. The molecule has 4 nitrogen and oxygen atoms in total. The van der Waals surface area contributed by atoms with Crippen LogP contribution in [0.1, 0.15) is 141 Å². The van der Waals surface area contributed by atoms with Gasteiger partial charge in [0, 0.05) is 28.4 Å². The number of rotatable bonds is 8. The molecule has 0 heterocycles. The maximum absolute atomic E-state index is 14.6. The molecule has 0 amide bonds. The van der Waals surface area contributed by atoms with E-state index in [-0.39, 0.29) is 46.2 Å². The summed E-state index contributed by atoms with van der Waals surface area (Å²) in [6.45, 7) is 19.0. The summed E-state index contributed by atoms with van der Waals surface area (Å²) in [6, 6.07) is 7.00. The second-order valence-electron chi connectivity index (χ2n) is 16.5. The van der Waals surface area contributed by atoms with Crippen molar-refractivity contribution in [3.63, 3.8) is 0 Å². The number of aryl methyl sites for hydroxylation is 2. The van der Waals surface area contributed by atoms with Crippen molar-refractivity contribution >= 4 is 0 Å². The molecule has 6 unspecified atom stereocenters. The summed E-state index contributed by atoms with van der Waals surface area (Å²) in [5, 5.41) is 42.2. The van der Waals surface area contributed by atoms with Crippen LogP contribution in [0.25, 0.3) is 0 Å². The fourth-order valence-corrected chi connectivity index (χ4v) is 9.25. The molecule has 2 aromatic rings. The van der Waals surface area contributed by atoms with E-state index >= 15 is 0 Å². The molecule has 3 fully saturated rings. The Hall–Kier alpha value is -2.50. The van der Waals surface area contributed by atoms with Crippen LogP contribution >= 0.6 is 0 Å². The number of hydrogen-bond acceptors (Lipinski definition) is 4. The van der Waals surface area contributed by atoms with Crippen LogP contribution in [0.4, 0.5) is 8.78 Å². The predicted molar refractivity (Wildman–Crippen MR) is 183 cm³/mol. The number of phenols is 4. The first-order chi connectivity index (χ1) is 21.4. The molecule has 6 atom stereocenters. The molecule has 0 aliphatic heterocycles. The molecule has 0 bridgehead atoms. The number of benzene rings is 2. The average Bonchev–Trinajstić information content (AvgIpc) is 3.39. The van der Waals surface area contributed by atoms with E-state index in [4.69, 9.17) is 0 Å². The fraction of sp³-hybridized carbons (Fsp3) is 0.700. The monoisotopic (exact) mass is 642 g/mol. The molecule has 3 aliphatic carbocycles. The molecule has 2 aromatic carbocycles. The van der Waals surface area contributed by atoms with Gasteiger partial charge >= 0.3 is 0 Å². The standard InChI is InChI=1S/C20H28F2O2.C20H32O2/c1-5-6-12-9-14(23)17(15(24)10-12)16-13(11(2)3)7-8-19(4)18(16)20(19,21)22;1-6-7-14-10-17(21)19(18(22)11-14)16-12-20(4,5)9-8-15(16)13(2)3/h9-11,13,16,18,23-24H,5-8H2,1-4H3;10-11,13,15-16,21-22H,6-9,12H2,1-5H3. The van der Waals surface area contributed by atoms with Crippen molar-refractivity contribution in [2.45, 2.75) is 138 Å². The van der Waals surface area contributed by atoms with E-state index in [9.17, 15) is 29.2 Å². The normalized spacial score (nSPS) is 29.6. The molecular weight excluding hydrogens is 582 g/mol. The number of fused-ring (bicyclic) bond motifs is 1. The van der Waals surface area contributed by atoms with Gasteiger partial charge < -0.3 is 20.4 Å². The summed E-state index contributed by atoms with van der Waals surface area (Å²) in [7, 11) is 0. The van der Waals surface area contributed by atoms with Crippen molar-refractivity contribution in [3.8, 4) is 23.0 Å². The van der Waals surface area contributed by atoms with Gasteiger partial charge in [0.25, 0.3) is 5.92 Å². The summed E-state index contributed by atoms with van der Waals surface area (Å²) in [5.74, 6) is -1.86. The van der Waals surface area contributed by atoms with Gasteiger partial charge in [0.05, 0.1) is 0 Å². The van der Waals surface area contributed by atoms with Crippen LogP contribution in [0.5, 0.6) is 23.0 Å². The third-order valence-corrected chi connectivity index (χ3v) is 11.9. The first-order valence-electron chi connectivity index (χ1n) is 17.9. The largest absolute Gasteiger partial charge is 0.508 e. The number of halogens is 2. The molecule has 0 saturated heterocycles. The smallest absolute Gasteiger partial charge is 0.257 e. The molecule has 6 heteroatoms.